The SMILES string of the molecule is Cc1cnc(C)c(NC2CCCC2)n1. The molecule has 0 saturated heterocycles. The molecule has 1 N–H and O–H groups in total. The van der Waals surface area contributed by atoms with E-state index in [0.717, 1.165) is 17.2 Å². The highest BCUT2D eigenvalue weighted by Gasteiger charge is 2.15. The van der Waals surface area contributed by atoms with Gasteiger partial charge in [0.05, 0.1) is 11.4 Å². The van der Waals surface area contributed by atoms with Gasteiger partial charge in [0.25, 0.3) is 0 Å². The molecule has 0 radical (unpaired) electrons. The second-order valence-corrected chi connectivity index (χ2v) is 4.07. The van der Waals surface area contributed by atoms with E-state index in [2.05, 4.69) is 15.3 Å². The summed E-state index contributed by atoms with van der Waals surface area (Å²) in [6.45, 7) is 3.98. The first-order valence-corrected chi connectivity index (χ1v) is 5.32. The Hall–Kier alpha value is -1.12. The summed E-state index contributed by atoms with van der Waals surface area (Å²) in [4.78, 5) is 8.76. The third-order valence-corrected chi connectivity index (χ3v) is 2.77. The van der Waals surface area contributed by atoms with Crippen LogP contribution in [-0.4, -0.2) is 16.0 Å². The fourth-order valence-electron chi connectivity index (χ4n) is 1.94. The smallest absolute Gasteiger partial charge is 0.147 e. The Labute approximate surface area is 85.0 Å². The van der Waals surface area contributed by atoms with Crippen LogP contribution in [0, 0.1) is 13.8 Å². The minimum absolute atomic E-state index is 0.616. The van der Waals surface area contributed by atoms with Gasteiger partial charge in [0, 0.05) is 12.2 Å². The molecule has 0 bridgehead atoms. The Morgan fingerprint density at radius 1 is 1.29 bits per heavy atom. The highest BCUT2D eigenvalue weighted by molar-refractivity contribution is 5.40. The number of hydrogen-bond acceptors (Lipinski definition) is 3. The molecular formula is C11H17N3. The van der Waals surface area contributed by atoms with Crippen molar-refractivity contribution in [2.24, 2.45) is 0 Å². The van der Waals surface area contributed by atoms with Gasteiger partial charge in [0.15, 0.2) is 0 Å². The number of hydrogen-bond donors (Lipinski definition) is 1. The lowest BCUT2D eigenvalue weighted by molar-refractivity contribution is 0.746. The van der Waals surface area contributed by atoms with E-state index in [4.69, 9.17) is 0 Å². The average molecular weight is 191 g/mol. The van der Waals surface area contributed by atoms with Crippen molar-refractivity contribution in [2.75, 3.05) is 5.32 Å². The highest BCUT2D eigenvalue weighted by Crippen LogP contribution is 2.22. The second kappa shape index (κ2) is 3.95. The third kappa shape index (κ3) is 2.03. The van der Waals surface area contributed by atoms with Crippen LogP contribution in [0.3, 0.4) is 0 Å². The van der Waals surface area contributed by atoms with Crippen LogP contribution in [-0.2, 0) is 0 Å². The van der Waals surface area contributed by atoms with Crippen LogP contribution in [0.25, 0.3) is 0 Å². The zero-order valence-corrected chi connectivity index (χ0v) is 8.88. The molecule has 1 saturated carbocycles. The van der Waals surface area contributed by atoms with E-state index in [-0.39, 0.29) is 0 Å². The summed E-state index contributed by atoms with van der Waals surface area (Å²) in [5.41, 5.74) is 1.98. The monoisotopic (exact) mass is 191 g/mol. The van der Waals surface area contributed by atoms with Crippen molar-refractivity contribution in [2.45, 2.75) is 45.6 Å². The van der Waals surface area contributed by atoms with Crippen LogP contribution in [0.2, 0.25) is 0 Å². The Bertz CT molecular complexity index is 316. The fourth-order valence-corrected chi connectivity index (χ4v) is 1.94. The average Bonchev–Trinajstić information content (AvgIpc) is 2.64. The molecule has 76 valence electrons. The van der Waals surface area contributed by atoms with E-state index in [0.29, 0.717) is 6.04 Å². The molecule has 0 unspecified atom stereocenters. The maximum Gasteiger partial charge on any atom is 0.147 e. The van der Waals surface area contributed by atoms with Crippen molar-refractivity contribution in [1.29, 1.82) is 0 Å². The summed E-state index contributed by atoms with van der Waals surface area (Å²) in [5.74, 6) is 0.969. The molecule has 2 rings (SSSR count). The van der Waals surface area contributed by atoms with Crippen molar-refractivity contribution in [3.63, 3.8) is 0 Å². The molecule has 3 nitrogen and oxygen atoms in total. The molecule has 1 aliphatic carbocycles. The molecule has 0 aliphatic heterocycles. The third-order valence-electron chi connectivity index (χ3n) is 2.77. The molecular weight excluding hydrogens is 174 g/mol. The molecule has 0 atom stereocenters. The van der Waals surface area contributed by atoms with Crippen LogP contribution in [0.5, 0.6) is 0 Å². The maximum absolute atomic E-state index is 4.46. The Morgan fingerprint density at radius 3 is 2.71 bits per heavy atom. The van der Waals surface area contributed by atoms with Gasteiger partial charge in [0.2, 0.25) is 0 Å². The van der Waals surface area contributed by atoms with Crippen molar-refractivity contribution >= 4 is 5.82 Å². The maximum atomic E-state index is 4.46. The summed E-state index contributed by atoms with van der Waals surface area (Å²) in [6.07, 6.45) is 7.05. The van der Waals surface area contributed by atoms with E-state index in [1.807, 2.05) is 20.0 Å². The van der Waals surface area contributed by atoms with Gasteiger partial charge in [-0.15, -0.1) is 0 Å². The fraction of sp³-hybridized carbons (Fsp3) is 0.636. The largest absolute Gasteiger partial charge is 0.366 e. The lowest BCUT2D eigenvalue weighted by Crippen LogP contribution is -2.17. The molecule has 0 amide bonds. The van der Waals surface area contributed by atoms with Gasteiger partial charge in [-0.05, 0) is 26.7 Å². The topological polar surface area (TPSA) is 37.8 Å². The van der Waals surface area contributed by atoms with E-state index >= 15 is 0 Å². The van der Waals surface area contributed by atoms with Gasteiger partial charge >= 0.3 is 0 Å². The van der Waals surface area contributed by atoms with Gasteiger partial charge in [-0.3, -0.25) is 4.98 Å². The normalized spacial score (nSPS) is 17.3. The minimum Gasteiger partial charge on any atom is -0.366 e. The van der Waals surface area contributed by atoms with E-state index in [1.165, 1.54) is 25.7 Å². The van der Waals surface area contributed by atoms with Gasteiger partial charge in [-0.25, -0.2) is 4.98 Å². The Morgan fingerprint density at radius 2 is 2.00 bits per heavy atom. The molecule has 3 heteroatoms. The van der Waals surface area contributed by atoms with Crippen molar-refractivity contribution in [3.05, 3.63) is 17.6 Å². The van der Waals surface area contributed by atoms with Crippen LogP contribution >= 0.6 is 0 Å². The molecule has 0 spiro atoms. The van der Waals surface area contributed by atoms with Crippen LogP contribution in [0.1, 0.15) is 37.1 Å². The zero-order chi connectivity index (χ0) is 9.97. The predicted octanol–water partition coefficient (Wildman–Crippen LogP) is 2.45. The van der Waals surface area contributed by atoms with E-state index in [1.54, 1.807) is 0 Å². The summed E-state index contributed by atoms with van der Waals surface area (Å²) in [7, 11) is 0. The molecule has 1 aromatic rings. The van der Waals surface area contributed by atoms with Gasteiger partial charge < -0.3 is 5.32 Å². The lowest BCUT2D eigenvalue weighted by Gasteiger charge is -2.14. The first-order chi connectivity index (χ1) is 6.75. The Kier molecular flexibility index (Phi) is 2.66. The number of nitrogens with one attached hydrogen (secondary N) is 1. The van der Waals surface area contributed by atoms with Crippen LogP contribution < -0.4 is 5.32 Å². The molecule has 1 aliphatic rings. The van der Waals surface area contributed by atoms with Crippen molar-refractivity contribution < 1.29 is 0 Å². The van der Waals surface area contributed by atoms with Crippen LogP contribution in [0.15, 0.2) is 6.20 Å². The summed E-state index contributed by atoms with van der Waals surface area (Å²) < 4.78 is 0. The van der Waals surface area contributed by atoms with Gasteiger partial charge in [-0.2, -0.15) is 0 Å². The van der Waals surface area contributed by atoms with Crippen molar-refractivity contribution in [1.82, 2.24) is 9.97 Å². The number of anilines is 1. The molecule has 1 heterocycles. The summed E-state index contributed by atoms with van der Waals surface area (Å²) in [6, 6.07) is 0.616. The zero-order valence-electron chi connectivity index (χ0n) is 8.88. The quantitative estimate of drug-likeness (QED) is 0.780. The number of rotatable bonds is 2. The minimum atomic E-state index is 0.616. The molecule has 1 fully saturated rings. The number of aromatic nitrogens is 2. The van der Waals surface area contributed by atoms with Crippen LogP contribution in [0.4, 0.5) is 5.82 Å². The van der Waals surface area contributed by atoms with Gasteiger partial charge in [0.1, 0.15) is 5.82 Å². The van der Waals surface area contributed by atoms with E-state index < -0.39 is 0 Å². The van der Waals surface area contributed by atoms with Gasteiger partial charge in [-0.1, -0.05) is 12.8 Å². The second-order valence-electron chi connectivity index (χ2n) is 4.07. The lowest BCUT2D eigenvalue weighted by atomic mass is 10.2. The highest BCUT2D eigenvalue weighted by atomic mass is 15.0. The number of aryl methyl sites for hydroxylation is 2. The van der Waals surface area contributed by atoms with E-state index in [9.17, 15) is 0 Å². The Balaban J connectivity index is 2.10. The molecule has 0 aromatic carbocycles. The molecule has 14 heavy (non-hydrogen) atoms. The molecule has 1 aromatic heterocycles. The first-order valence-electron chi connectivity index (χ1n) is 5.32. The first kappa shape index (κ1) is 9.44. The summed E-state index contributed by atoms with van der Waals surface area (Å²) in [5, 5.41) is 3.48. The standard InChI is InChI=1S/C11H17N3/c1-8-7-12-9(2)11(13-8)14-10-5-3-4-6-10/h7,10H,3-6H2,1-2H3,(H,13,14). The number of nitrogens with zero attached hydrogens (tertiary/aromatic N) is 2. The van der Waals surface area contributed by atoms with Crippen molar-refractivity contribution in [3.8, 4) is 0 Å². The predicted molar refractivity (Wildman–Crippen MR) is 57.4 cm³/mol. The summed E-state index contributed by atoms with van der Waals surface area (Å²) >= 11 is 0.